The molecule has 1 atom stereocenters. The van der Waals surface area contributed by atoms with E-state index in [0.717, 1.165) is 0 Å². The van der Waals surface area contributed by atoms with Crippen molar-refractivity contribution in [2.45, 2.75) is 44.6 Å². The average Bonchev–Trinajstić information content (AvgIpc) is 2.49. The van der Waals surface area contributed by atoms with Crippen molar-refractivity contribution >= 4 is 5.57 Å². The van der Waals surface area contributed by atoms with Crippen LogP contribution in [0.25, 0.3) is 5.57 Å². The minimum Gasteiger partial charge on any atom is -0.296 e. The van der Waals surface area contributed by atoms with Gasteiger partial charge in [-0.1, -0.05) is 42.8 Å². The Bertz CT molecular complexity index is 401. The lowest BCUT2D eigenvalue weighted by Crippen LogP contribution is -2.40. The number of nitrogens with zero attached hydrogens (tertiary/aromatic N) is 1. The Hall–Kier alpha value is -1.08. The van der Waals surface area contributed by atoms with Crippen LogP contribution in [0.4, 0.5) is 0 Å². The van der Waals surface area contributed by atoms with E-state index in [4.69, 9.17) is 0 Å². The second kappa shape index (κ2) is 5.71. The second-order valence-electron chi connectivity index (χ2n) is 5.57. The van der Waals surface area contributed by atoms with Crippen molar-refractivity contribution in [2.24, 2.45) is 0 Å². The Labute approximate surface area is 111 Å². The summed E-state index contributed by atoms with van der Waals surface area (Å²) in [6.45, 7) is 2.60. The molecule has 0 aromatic heterocycles. The minimum atomic E-state index is 0.682. The van der Waals surface area contributed by atoms with Crippen LogP contribution < -0.4 is 0 Å². The molecular weight excluding hydrogens is 218 g/mol. The molecule has 2 aliphatic rings. The quantitative estimate of drug-likeness (QED) is 0.753. The smallest absolute Gasteiger partial charge is 0.0350 e. The van der Waals surface area contributed by atoms with Crippen LogP contribution in [0.3, 0.4) is 0 Å². The van der Waals surface area contributed by atoms with E-state index < -0.39 is 0 Å². The summed E-state index contributed by atoms with van der Waals surface area (Å²) in [5.74, 6) is 0. The highest BCUT2D eigenvalue weighted by atomic mass is 15.2. The lowest BCUT2D eigenvalue weighted by molar-refractivity contribution is 0.185. The molecule has 1 heteroatoms. The van der Waals surface area contributed by atoms with Crippen molar-refractivity contribution in [3.63, 3.8) is 0 Å². The molecule has 18 heavy (non-hydrogen) atoms. The van der Waals surface area contributed by atoms with E-state index in [1.807, 2.05) is 0 Å². The van der Waals surface area contributed by atoms with E-state index in [2.05, 4.69) is 41.3 Å². The number of hydrogen-bond donors (Lipinski definition) is 0. The number of likely N-dealkylation sites (tertiary alicyclic amines) is 1. The summed E-state index contributed by atoms with van der Waals surface area (Å²) in [4.78, 5) is 2.72. The van der Waals surface area contributed by atoms with Crippen LogP contribution in [0.5, 0.6) is 0 Å². The van der Waals surface area contributed by atoms with Gasteiger partial charge in [-0.05, 0) is 56.3 Å². The number of allylic oxidation sites excluding steroid dienone is 1. The molecular formula is C17H23N. The van der Waals surface area contributed by atoms with E-state index in [1.165, 1.54) is 57.2 Å². The molecule has 1 aliphatic heterocycles. The molecule has 1 fully saturated rings. The summed E-state index contributed by atoms with van der Waals surface area (Å²) in [6.07, 6.45) is 10.6. The van der Waals surface area contributed by atoms with Crippen molar-refractivity contribution in [2.75, 3.05) is 13.1 Å². The number of rotatable bonds is 2. The van der Waals surface area contributed by atoms with Gasteiger partial charge in [0.2, 0.25) is 0 Å². The predicted molar refractivity (Wildman–Crippen MR) is 77.5 cm³/mol. The van der Waals surface area contributed by atoms with Gasteiger partial charge in [0.15, 0.2) is 0 Å². The van der Waals surface area contributed by atoms with E-state index in [0.29, 0.717) is 6.04 Å². The first kappa shape index (κ1) is 12.0. The molecule has 0 amide bonds. The van der Waals surface area contributed by atoms with Gasteiger partial charge in [-0.25, -0.2) is 0 Å². The molecule has 1 heterocycles. The van der Waals surface area contributed by atoms with Crippen LogP contribution >= 0.6 is 0 Å². The number of benzene rings is 1. The second-order valence-corrected chi connectivity index (χ2v) is 5.57. The fourth-order valence-electron chi connectivity index (χ4n) is 3.41. The largest absolute Gasteiger partial charge is 0.296 e. The van der Waals surface area contributed by atoms with Gasteiger partial charge >= 0.3 is 0 Å². The zero-order chi connectivity index (χ0) is 12.2. The van der Waals surface area contributed by atoms with Gasteiger partial charge in [-0.2, -0.15) is 0 Å². The summed E-state index contributed by atoms with van der Waals surface area (Å²) in [6, 6.07) is 11.7. The molecule has 0 N–H and O–H groups in total. The highest BCUT2D eigenvalue weighted by molar-refractivity contribution is 5.70. The van der Waals surface area contributed by atoms with Gasteiger partial charge in [0.25, 0.3) is 0 Å². The van der Waals surface area contributed by atoms with Gasteiger partial charge in [0.05, 0.1) is 0 Å². The zero-order valence-corrected chi connectivity index (χ0v) is 11.1. The van der Waals surface area contributed by atoms with Crippen LogP contribution in [0.1, 0.15) is 44.1 Å². The van der Waals surface area contributed by atoms with Gasteiger partial charge in [-0.3, -0.25) is 4.90 Å². The molecule has 0 radical (unpaired) electrons. The van der Waals surface area contributed by atoms with Crippen LogP contribution in [-0.4, -0.2) is 24.0 Å². The molecule has 0 bridgehead atoms. The SMILES string of the molecule is C1=C(c2ccccc2)[C@@H](N2CCCCC2)CCC1. The maximum absolute atomic E-state index is 2.72. The summed E-state index contributed by atoms with van der Waals surface area (Å²) < 4.78 is 0. The molecule has 0 saturated carbocycles. The topological polar surface area (TPSA) is 3.24 Å². The molecule has 1 saturated heterocycles. The third-order valence-electron chi connectivity index (χ3n) is 4.34. The Balaban J connectivity index is 1.83. The Morgan fingerprint density at radius 1 is 0.889 bits per heavy atom. The van der Waals surface area contributed by atoms with Gasteiger partial charge < -0.3 is 0 Å². The first-order valence-electron chi connectivity index (χ1n) is 7.45. The van der Waals surface area contributed by atoms with Crippen LogP contribution in [0.15, 0.2) is 36.4 Å². The fourth-order valence-corrected chi connectivity index (χ4v) is 3.41. The van der Waals surface area contributed by atoms with E-state index in [1.54, 1.807) is 5.57 Å². The Kier molecular flexibility index (Phi) is 3.80. The lowest BCUT2D eigenvalue weighted by atomic mass is 9.87. The zero-order valence-electron chi connectivity index (χ0n) is 11.1. The van der Waals surface area contributed by atoms with Crippen molar-refractivity contribution in [1.82, 2.24) is 4.90 Å². The normalized spacial score (nSPS) is 25.8. The van der Waals surface area contributed by atoms with Gasteiger partial charge in [-0.15, -0.1) is 0 Å². The van der Waals surface area contributed by atoms with Crippen LogP contribution in [0.2, 0.25) is 0 Å². The molecule has 96 valence electrons. The highest BCUT2D eigenvalue weighted by Crippen LogP contribution is 2.32. The third-order valence-corrected chi connectivity index (χ3v) is 4.34. The van der Waals surface area contributed by atoms with E-state index in [9.17, 15) is 0 Å². The van der Waals surface area contributed by atoms with Gasteiger partial charge in [0, 0.05) is 6.04 Å². The average molecular weight is 241 g/mol. The first-order chi connectivity index (χ1) is 8.95. The maximum atomic E-state index is 2.72. The molecule has 1 aromatic rings. The number of piperidine rings is 1. The molecule has 0 spiro atoms. The Morgan fingerprint density at radius 2 is 1.67 bits per heavy atom. The summed E-state index contributed by atoms with van der Waals surface area (Å²) >= 11 is 0. The molecule has 0 unspecified atom stereocenters. The number of hydrogen-bond acceptors (Lipinski definition) is 1. The highest BCUT2D eigenvalue weighted by Gasteiger charge is 2.26. The van der Waals surface area contributed by atoms with Gasteiger partial charge in [0.1, 0.15) is 0 Å². The minimum absolute atomic E-state index is 0.682. The summed E-state index contributed by atoms with van der Waals surface area (Å²) in [5, 5.41) is 0. The predicted octanol–water partition coefficient (Wildman–Crippen LogP) is 4.11. The van der Waals surface area contributed by atoms with E-state index in [-0.39, 0.29) is 0 Å². The summed E-state index contributed by atoms with van der Waals surface area (Å²) in [7, 11) is 0. The lowest BCUT2D eigenvalue weighted by Gasteiger charge is -2.38. The van der Waals surface area contributed by atoms with Crippen LogP contribution in [-0.2, 0) is 0 Å². The first-order valence-corrected chi connectivity index (χ1v) is 7.45. The monoisotopic (exact) mass is 241 g/mol. The molecule has 1 aromatic carbocycles. The van der Waals surface area contributed by atoms with Crippen molar-refractivity contribution in [1.29, 1.82) is 0 Å². The third kappa shape index (κ3) is 2.51. The molecule has 1 nitrogen and oxygen atoms in total. The van der Waals surface area contributed by atoms with Crippen molar-refractivity contribution in [3.8, 4) is 0 Å². The van der Waals surface area contributed by atoms with Crippen molar-refractivity contribution < 1.29 is 0 Å². The van der Waals surface area contributed by atoms with Crippen LogP contribution in [0, 0.1) is 0 Å². The fraction of sp³-hybridized carbons (Fsp3) is 0.529. The molecule has 1 aliphatic carbocycles. The van der Waals surface area contributed by atoms with Crippen molar-refractivity contribution in [3.05, 3.63) is 42.0 Å². The standard InChI is InChI=1S/C17H23N/c1-3-9-15(10-4-1)16-11-5-6-12-17(16)18-13-7-2-8-14-18/h1,3-4,9-11,17H,2,5-8,12-14H2/t17-/m0/s1. The molecule has 3 rings (SSSR count). The summed E-state index contributed by atoms with van der Waals surface area (Å²) in [5.41, 5.74) is 3.02. The van der Waals surface area contributed by atoms with E-state index >= 15 is 0 Å². The Morgan fingerprint density at radius 3 is 2.44 bits per heavy atom. The maximum Gasteiger partial charge on any atom is 0.0350 e.